The number of aliphatic hydroxyl groups excluding tert-OH is 1. The van der Waals surface area contributed by atoms with Crippen LogP contribution in [0.4, 0.5) is 0 Å². The van der Waals surface area contributed by atoms with Crippen molar-refractivity contribution < 1.29 is 12.6 Å². The molecule has 4 aromatic rings. The Balaban J connectivity index is 0.000000165. The number of carbonyl (C=O) groups excluding carboxylic acids is 1. The molecule has 1 atom stereocenters. The van der Waals surface area contributed by atoms with Crippen molar-refractivity contribution in [1.82, 2.24) is 19.1 Å². The summed E-state index contributed by atoms with van der Waals surface area (Å²) in [6, 6.07) is 16.5. The second-order valence-electron chi connectivity index (χ2n) is 7.52. The summed E-state index contributed by atoms with van der Waals surface area (Å²) < 4.78 is 16.5. The minimum Gasteiger partial charge on any atom is -0.390 e. The van der Waals surface area contributed by atoms with Crippen LogP contribution in [0.3, 0.4) is 0 Å². The Kier molecular flexibility index (Phi) is 8.28. The number of aldehydes is 1. The summed E-state index contributed by atoms with van der Waals surface area (Å²) >= 11 is 0. The lowest BCUT2D eigenvalue weighted by atomic mass is 10.0. The molecule has 0 saturated carbocycles. The first-order valence-corrected chi connectivity index (χ1v) is 12.1. The molecule has 1 unspecified atom stereocenters. The Morgan fingerprint density at radius 3 is 2.00 bits per heavy atom. The van der Waals surface area contributed by atoms with Gasteiger partial charge in [-0.1, -0.05) is 69.0 Å². The van der Waals surface area contributed by atoms with Crippen LogP contribution >= 0.6 is 9.24 Å². The first-order chi connectivity index (χ1) is 17.6. The Labute approximate surface area is 206 Å². The van der Waals surface area contributed by atoms with Crippen LogP contribution in [0.25, 0.3) is 22.8 Å². The number of aliphatic hydroxyl groups is 1. The van der Waals surface area contributed by atoms with Gasteiger partial charge in [-0.25, -0.2) is 9.97 Å². The van der Waals surface area contributed by atoms with Gasteiger partial charge in [0, 0.05) is 39.4 Å². The van der Waals surface area contributed by atoms with Crippen molar-refractivity contribution in [3.8, 4) is 22.8 Å². The molecule has 178 valence electrons. The molecule has 0 aliphatic carbocycles. The molecule has 2 aliphatic rings. The highest BCUT2D eigenvalue weighted by Gasteiger charge is 2.18. The van der Waals surface area contributed by atoms with Gasteiger partial charge in [-0.3, -0.25) is 4.79 Å². The van der Waals surface area contributed by atoms with E-state index in [2.05, 4.69) is 54.1 Å². The van der Waals surface area contributed by atoms with Crippen LogP contribution in [0, 0.1) is 0 Å². The van der Waals surface area contributed by atoms with Crippen LogP contribution in [-0.2, 0) is 32.5 Å². The Morgan fingerprint density at radius 2 is 1.47 bits per heavy atom. The van der Waals surface area contributed by atoms with Crippen molar-refractivity contribution in [1.29, 1.82) is 0 Å². The number of carbonyl (C=O) groups is 1. The van der Waals surface area contributed by atoms with E-state index < -0.39 is 0 Å². The van der Waals surface area contributed by atoms with Crippen molar-refractivity contribution in [2.45, 2.75) is 46.4 Å². The van der Waals surface area contributed by atoms with Gasteiger partial charge in [0.05, 0.1) is 12.3 Å². The third-order valence-electron chi connectivity index (χ3n) is 5.66. The summed E-state index contributed by atoms with van der Waals surface area (Å²) in [4.78, 5) is 19.4. The smallest absolute Gasteiger partial charge is 0.170 e. The van der Waals surface area contributed by atoms with E-state index in [1.165, 1.54) is 16.7 Å². The highest BCUT2D eigenvalue weighted by molar-refractivity contribution is 7.15. The molecule has 0 bridgehead atoms. The Bertz CT molecular complexity index is 1270. The summed E-state index contributed by atoms with van der Waals surface area (Å²) in [6.45, 7) is 4.59. The van der Waals surface area contributed by atoms with Crippen LogP contribution in [0.2, 0.25) is 0 Å². The molecule has 0 saturated heterocycles. The highest BCUT2D eigenvalue weighted by Crippen LogP contribution is 2.29. The van der Waals surface area contributed by atoms with Gasteiger partial charge in [-0.05, 0) is 24.0 Å². The molecule has 4 heterocycles. The third-order valence-corrected chi connectivity index (χ3v) is 5.66. The number of aryl methyl sites for hydroxylation is 4. The zero-order valence-corrected chi connectivity index (χ0v) is 20.7. The van der Waals surface area contributed by atoms with Crippen LogP contribution in [-0.4, -0.2) is 37.1 Å². The minimum absolute atomic E-state index is 0.0160. The molecular formula is C27H33N4O2P. The summed E-state index contributed by atoms with van der Waals surface area (Å²) in [5.41, 5.74) is 6.27. The van der Waals surface area contributed by atoms with Gasteiger partial charge in [0.25, 0.3) is 0 Å². The highest BCUT2D eigenvalue weighted by atomic mass is 31.0. The number of rotatable bonds is 2. The lowest BCUT2D eigenvalue weighted by Gasteiger charge is -2.17. The first-order valence-electron chi connectivity index (χ1n) is 12.7. The molecule has 2 aromatic carbocycles. The van der Waals surface area contributed by atoms with E-state index in [9.17, 15) is 4.79 Å². The molecule has 6 rings (SSSR count). The second kappa shape index (κ2) is 12.4. The summed E-state index contributed by atoms with van der Waals surface area (Å²) in [6.07, 6.45) is 6.61. The van der Waals surface area contributed by atoms with Gasteiger partial charge >= 0.3 is 0 Å². The summed E-state index contributed by atoms with van der Waals surface area (Å²) in [5, 5.41) is 9.06. The van der Waals surface area contributed by atoms with Crippen LogP contribution in [0.5, 0.6) is 0 Å². The fraction of sp³-hybridized carbons (Fsp3) is 0.296. The van der Waals surface area contributed by atoms with E-state index in [-0.39, 0.29) is 6.61 Å². The van der Waals surface area contributed by atoms with E-state index in [0.717, 1.165) is 55.1 Å². The van der Waals surface area contributed by atoms with Crippen molar-refractivity contribution in [3.63, 3.8) is 0 Å². The number of hydrogen-bond donors (Lipinski definition) is 1. The summed E-state index contributed by atoms with van der Waals surface area (Å²) in [5.74, 6) is 1.90. The maximum Gasteiger partial charge on any atom is 0.170 e. The van der Waals surface area contributed by atoms with Gasteiger partial charge in [-0.2, -0.15) is 0 Å². The SMILES string of the molecule is O=Cc1cn2c(n1)-c1ccccc1CC2.OCc1cn2c(n1)-c1ccccc1CC2.[2H]CC.[2H]CP. The molecule has 1 N–H and O–H groups in total. The predicted molar refractivity (Wildman–Crippen MR) is 141 cm³/mol. The number of nitrogens with zero attached hydrogens (tertiary/aromatic N) is 4. The molecule has 7 heteroatoms. The Morgan fingerprint density at radius 1 is 0.971 bits per heavy atom. The van der Waals surface area contributed by atoms with E-state index in [4.69, 9.17) is 7.85 Å². The number of fused-ring (bicyclic) bond motifs is 6. The first kappa shape index (κ1) is 22.7. The molecule has 0 fully saturated rings. The molecule has 2 aliphatic heterocycles. The zero-order valence-electron chi connectivity index (χ0n) is 21.5. The van der Waals surface area contributed by atoms with Gasteiger partial charge in [0.15, 0.2) is 6.29 Å². The third kappa shape index (κ3) is 5.35. The largest absolute Gasteiger partial charge is 0.390 e. The maximum atomic E-state index is 10.7. The monoisotopic (exact) mass is 478 g/mol. The van der Waals surface area contributed by atoms with Crippen molar-refractivity contribution in [3.05, 3.63) is 83.4 Å². The van der Waals surface area contributed by atoms with Gasteiger partial charge in [-0.15, -0.1) is 9.24 Å². The zero-order chi connectivity index (χ0) is 25.9. The average molecular weight is 479 g/mol. The lowest BCUT2D eigenvalue weighted by molar-refractivity contribution is 0.111. The van der Waals surface area contributed by atoms with Crippen LogP contribution in [0.15, 0.2) is 60.9 Å². The van der Waals surface area contributed by atoms with Crippen molar-refractivity contribution in [2.24, 2.45) is 0 Å². The fourth-order valence-corrected chi connectivity index (χ4v) is 4.20. The van der Waals surface area contributed by atoms with Gasteiger partial charge in [0.1, 0.15) is 17.3 Å². The molecule has 0 amide bonds. The fourth-order valence-electron chi connectivity index (χ4n) is 4.20. The van der Waals surface area contributed by atoms with Crippen LogP contribution < -0.4 is 0 Å². The summed E-state index contributed by atoms with van der Waals surface area (Å²) in [7, 11) is 2.25. The van der Waals surface area contributed by atoms with E-state index in [0.29, 0.717) is 19.2 Å². The standard InChI is InChI=1S/C12H12N2O.C12H10N2O.C2H6.CH5P/c2*15-8-10-7-14-6-5-9-3-1-2-4-11(9)12(14)13-10;2*1-2/h1-4,7,15H,5-6,8H2;1-4,7-8H,5-6H2;1-2H3;2H2,1H3/i;;2*1D. The normalized spacial score (nSPS) is 12.8. The molecule has 0 radical (unpaired) electrons. The quantitative estimate of drug-likeness (QED) is 0.324. The molecule has 2 aromatic heterocycles. The van der Waals surface area contributed by atoms with Crippen LogP contribution in [0.1, 0.15) is 43.9 Å². The topological polar surface area (TPSA) is 72.9 Å². The second-order valence-corrected chi connectivity index (χ2v) is 7.52. The number of imidazole rings is 2. The lowest BCUT2D eigenvalue weighted by Crippen LogP contribution is -2.09. The predicted octanol–water partition coefficient (Wildman–Crippen LogP) is 5.03. The van der Waals surface area contributed by atoms with Gasteiger partial charge in [0.2, 0.25) is 0 Å². The number of hydrogen-bond acceptors (Lipinski definition) is 4. The van der Waals surface area contributed by atoms with E-state index >= 15 is 0 Å². The molecule has 6 nitrogen and oxygen atoms in total. The number of aromatic nitrogens is 4. The Hall–Kier alpha value is -3.08. The van der Waals surface area contributed by atoms with E-state index in [1.807, 2.05) is 35.2 Å². The minimum atomic E-state index is 0.0160. The molecule has 0 spiro atoms. The molecule has 34 heavy (non-hydrogen) atoms. The van der Waals surface area contributed by atoms with Gasteiger partial charge < -0.3 is 14.2 Å². The van der Waals surface area contributed by atoms with E-state index in [1.54, 1.807) is 6.92 Å². The maximum absolute atomic E-state index is 10.7. The number of benzene rings is 2. The average Bonchev–Trinajstić information content (AvgIpc) is 3.54. The van der Waals surface area contributed by atoms with Crippen molar-refractivity contribution >= 4 is 15.5 Å². The van der Waals surface area contributed by atoms with Crippen molar-refractivity contribution in [2.75, 3.05) is 6.64 Å². The molecular weight excluding hydrogens is 443 g/mol.